The van der Waals surface area contributed by atoms with Crippen LogP contribution in [-0.2, 0) is 6.54 Å². The highest BCUT2D eigenvalue weighted by molar-refractivity contribution is 5.74. The van der Waals surface area contributed by atoms with Gasteiger partial charge < -0.3 is 20.6 Å². The number of aliphatic hydroxyl groups is 1. The van der Waals surface area contributed by atoms with Crippen molar-refractivity contribution in [3.8, 4) is 0 Å². The van der Waals surface area contributed by atoms with Crippen molar-refractivity contribution >= 4 is 11.7 Å². The Labute approximate surface area is 127 Å². The number of anilines is 1. The van der Waals surface area contributed by atoms with Crippen molar-refractivity contribution in [1.29, 1.82) is 0 Å². The van der Waals surface area contributed by atoms with Gasteiger partial charge in [-0.05, 0) is 30.0 Å². The van der Waals surface area contributed by atoms with Crippen LogP contribution in [0.2, 0.25) is 0 Å². The fraction of sp³-hybridized carbons (Fsp3) is 0.562. The lowest BCUT2D eigenvalue weighted by Crippen LogP contribution is -2.44. The predicted molar refractivity (Wildman–Crippen MR) is 86.5 cm³/mol. The molecule has 5 heteroatoms. The maximum absolute atomic E-state index is 11.8. The summed E-state index contributed by atoms with van der Waals surface area (Å²) in [5.74, 6) is 0.432. The van der Waals surface area contributed by atoms with Gasteiger partial charge in [0.2, 0.25) is 0 Å². The minimum atomic E-state index is -0.244. The molecule has 0 radical (unpaired) electrons. The van der Waals surface area contributed by atoms with E-state index in [1.807, 2.05) is 43.3 Å². The second kappa shape index (κ2) is 8.52. The van der Waals surface area contributed by atoms with Crippen LogP contribution in [0.3, 0.4) is 0 Å². The molecule has 0 fully saturated rings. The summed E-state index contributed by atoms with van der Waals surface area (Å²) in [6.07, 6.45) is 0.765. The smallest absolute Gasteiger partial charge is 0.315 e. The first-order chi connectivity index (χ1) is 9.92. The van der Waals surface area contributed by atoms with Crippen molar-refractivity contribution < 1.29 is 9.90 Å². The van der Waals surface area contributed by atoms with E-state index in [4.69, 9.17) is 0 Å². The summed E-state index contributed by atoms with van der Waals surface area (Å²) in [6.45, 7) is 4.56. The normalized spacial score (nSPS) is 12.1. The Balaban J connectivity index is 2.41. The number of benzene rings is 1. The van der Waals surface area contributed by atoms with Gasteiger partial charge in [0, 0.05) is 26.3 Å². The molecule has 2 amide bonds. The minimum Gasteiger partial charge on any atom is -0.394 e. The Bertz CT molecular complexity index is 430. The maximum Gasteiger partial charge on any atom is 0.315 e. The van der Waals surface area contributed by atoms with E-state index in [1.54, 1.807) is 0 Å². The Kier molecular flexibility index (Phi) is 7.02. The van der Waals surface area contributed by atoms with Gasteiger partial charge in [0.1, 0.15) is 0 Å². The van der Waals surface area contributed by atoms with E-state index < -0.39 is 0 Å². The summed E-state index contributed by atoms with van der Waals surface area (Å²) in [6, 6.07) is 7.59. The quantitative estimate of drug-likeness (QED) is 0.720. The average molecular weight is 293 g/mol. The molecule has 0 saturated carbocycles. The van der Waals surface area contributed by atoms with E-state index in [9.17, 15) is 9.90 Å². The van der Waals surface area contributed by atoms with Crippen LogP contribution in [-0.4, -0.2) is 37.9 Å². The van der Waals surface area contributed by atoms with E-state index in [0.717, 1.165) is 17.7 Å². The lowest BCUT2D eigenvalue weighted by atomic mass is 10.0. The van der Waals surface area contributed by atoms with Gasteiger partial charge in [0.05, 0.1) is 12.6 Å². The fourth-order valence-electron chi connectivity index (χ4n) is 2.08. The number of carbonyl (C=O) groups is 1. The van der Waals surface area contributed by atoms with Gasteiger partial charge >= 0.3 is 6.03 Å². The van der Waals surface area contributed by atoms with E-state index in [-0.39, 0.29) is 18.7 Å². The van der Waals surface area contributed by atoms with Gasteiger partial charge in [-0.25, -0.2) is 4.79 Å². The van der Waals surface area contributed by atoms with E-state index in [2.05, 4.69) is 24.5 Å². The van der Waals surface area contributed by atoms with Crippen LogP contribution in [0.25, 0.3) is 0 Å². The highest BCUT2D eigenvalue weighted by atomic mass is 16.3. The fourth-order valence-corrected chi connectivity index (χ4v) is 2.08. The molecular formula is C16H27N3O2. The van der Waals surface area contributed by atoms with Crippen molar-refractivity contribution in [2.45, 2.75) is 32.9 Å². The minimum absolute atomic E-state index is 0.0386. The number of hydrogen-bond acceptors (Lipinski definition) is 3. The molecule has 1 aromatic carbocycles. The number of rotatable bonds is 7. The number of nitrogens with one attached hydrogen (secondary N) is 2. The zero-order chi connectivity index (χ0) is 15.8. The van der Waals surface area contributed by atoms with Crippen molar-refractivity contribution in [1.82, 2.24) is 10.6 Å². The predicted octanol–water partition coefficient (Wildman–Crippen LogP) is 1.96. The highest BCUT2D eigenvalue weighted by Gasteiger charge is 2.12. The molecule has 0 aliphatic heterocycles. The van der Waals surface area contributed by atoms with Gasteiger partial charge in [-0.15, -0.1) is 0 Å². The lowest BCUT2D eigenvalue weighted by Gasteiger charge is -2.18. The molecule has 0 saturated heterocycles. The second-order valence-electron chi connectivity index (χ2n) is 5.90. The van der Waals surface area contributed by atoms with Crippen LogP contribution in [0, 0.1) is 5.92 Å². The molecule has 0 spiro atoms. The van der Waals surface area contributed by atoms with Gasteiger partial charge in [-0.2, -0.15) is 0 Å². The molecule has 0 heterocycles. The zero-order valence-corrected chi connectivity index (χ0v) is 13.4. The summed E-state index contributed by atoms with van der Waals surface area (Å²) in [5, 5.41) is 14.8. The first kappa shape index (κ1) is 17.3. The first-order valence-corrected chi connectivity index (χ1v) is 7.33. The molecule has 0 aliphatic rings. The Morgan fingerprint density at radius 2 is 1.86 bits per heavy atom. The lowest BCUT2D eigenvalue weighted by molar-refractivity contribution is 0.206. The second-order valence-corrected chi connectivity index (χ2v) is 5.90. The molecule has 21 heavy (non-hydrogen) atoms. The third-order valence-electron chi connectivity index (χ3n) is 3.22. The largest absolute Gasteiger partial charge is 0.394 e. The van der Waals surface area contributed by atoms with Crippen LogP contribution in [0.15, 0.2) is 24.3 Å². The van der Waals surface area contributed by atoms with Gasteiger partial charge in [-0.3, -0.25) is 0 Å². The number of nitrogens with zero attached hydrogens (tertiary/aromatic N) is 1. The Morgan fingerprint density at radius 3 is 2.33 bits per heavy atom. The summed E-state index contributed by atoms with van der Waals surface area (Å²) >= 11 is 0. The topological polar surface area (TPSA) is 64.6 Å². The Hall–Kier alpha value is -1.75. The van der Waals surface area contributed by atoms with Crippen LogP contribution >= 0.6 is 0 Å². The number of hydrogen-bond donors (Lipinski definition) is 3. The Morgan fingerprint density at radius 1 is 1.24 bits per heavy atom. The standard InChI is InChI=1S/C16H27N3O2/c1-12(2)9-14(11-20)18-16(21)17-10-13-5-7-15(8-6-13)19(3)4/h5-8,12,14,20H,9-11H2,1-4H3,(H2,17,18,21). The van der Waals surface area contributed by atoms with Gasteiger partial charge in [0.15, 0.2) is 0 Å². The molecular weight excluding hydrogens is 266 g/mol. The SMILES string of the molecule is CC(C)CC(CO)NC(=O)NCc1ccc(N(C)C)cc1. The molecule has 1 unspecified atom stereocenters. The summed E-state index contributed by atoms with van der Waals surface area (Å²) in [4.78, 5) is 13.8. The molecule has 0 aromatic heterocycles. The number of urea groups is 1. The molecule has 0 aliphatic carbocycles. The molecule has 1 rings (SSSR count). The zero-order valence-electron chi connectivity index (χ0n) is 13.4. The number of aliphatic hydroxyl groups excluding tert-OH is 1. The molecule has 0 bridgehead atoms. The third kappa shape index (κ3) is 6.49. The monoisotopic (exact) mass is 293 g/mol. The van der Waals surface area contributed by atoms with Gasteiger partial charge in [0.25, 0.3) is 0 Å². The van der Waals surface area contributed by atoms with E-state index >= 15 is 0 Å². The van der Waals surface area contributed by atoms with Crippen LogP contribution in [0.5, 0.6) is 0 Å². The number of carbonyl (C=O) groups excluding carboxylic acids is 1. The van der Waals surface area contributed by atoms with Crippen LogP contribution in [0.1, 0.15) is 25.8 Å². The van der Waals surface area contributed by atoms with Gasteiger partial charge in [-0.1, -0.05) is 26.0 Å². The van der Waals surface area contributed by atoms with Crippen molar-refractivity contribution in [2.75, 3.05) is 25.6 Å². The van der Waals surface area contributed by atoms with Crippen LogP contribution < -0.4 is 15.5 Å². The summed E-state index contributed by atoms with van der Waals surface area (Å²) in [7, 11) is 3.98. The highest BCUT2D eigenvalue weighted by Crippen LogP contribution is 2.12. The van der Waals surface area contributed by atoms with E-state index in [1.165, 1.54) is 0 Å². The van der Waals surface area contributed by atoms with Crippen LogP contribution in [0.4, 0.5) is 10.5 Å². The molecule has 3 N–H and O–H groups in total. The number of amides is 2. The van der Waals surface area contributed by atoms with E-state index in [0.29, 0.717) is 12.5 Å². The molecule has 5 nitrogen and oxygen atoms in total. The average Bonchev–Trinajstić information content (AvgIpc) is 2.44. The molecule has 118 valence electrons. The molecule has 1 aromatic rings. The summed E-state index contributed by atoms with van der Waals surface area (Å²) < 4.78 is 0. The van der Waals surface area contributed by atoms with Crippen molar-refractivity contribution in [3.63, 3.8) is 0 Å². The first-order valence-electron chi connectivity index (χ1n) is 7.33. The maximum atomic E-state index is 11.8. The molecule has 1 atom stereocenters. The van der Waals surface area contributed by atoms with Crippen molar-refractivity contribution in [2.24, 2.45) is 5.92 Å². The van der Waals surface area contributed by atoms with Crippen molar-refractivity contribution in [3.05, 3.63) is 29.8 Å². The summed E-state index contributed by atoms with van der Waals surface area (Å²) in [5.41, 5.74) is 2.17. The third-order valence-corrected chi connectivity index (χ3v) is 3.22.